The highest BCUT2D eigenvalue weighted by Crippen LogP contribution is 2.30. The summed E-state index contributed by atoms with van der Waals surface area (Å²) >= 11 is 1.10. The van der Waals surface area contributed by atoms with Crippen molar-refractivity contribution in [3.05, 3.63) is 107 Å². The second kappa shape index (κ2) is 8.91. The maximum absolute atomic E-state index is 13.6. The standard InChI is InChI=1S/C23H18FN3O5S/c1-3-32-22(29)19-13(2)25-23-26(20(19)15-7-9-16(24)10-8-15)21(28)18(33-23)12-14-5-4-6-17(11-14)27(30)31/h4-12,20H,3H2,1-2H3/b18-12-/t20-/m1/s1. The molecule has 2 heterocycles. The number of non-ortho nitro benzene ring substituents is 1. The Morgan fingerprint density at radius 3 is 2.70 bits per heavy atom. The summed E-state index contributed by atoms with van der Waals surface area (Å²) < 4.78 is 20.4. The zero-order valence-corrected chi connectivity index (χ0v) is 18.5. The topological polar surface area (TPSA) is 104 Å². The second-order valence-electron chi connectivity index (χ2n) is 7.21. The number of thiazole rings is 1. The fourth-order valence-electron chi connectivity index (χ4n) is 3.63. The van der Waals surface area contributed by atoms with Crippen molar-refractivity contribution in [2.75, 3.05) is 6.61 Å². The Hall–Kier alpha value is -3.92. The van der Waals surface area contributed by atoms with Crippen LogP contribution in [-0.2, 0) is 9.53 Å². The van der Waals surface area contributed by atoms with Gasteiger partial charge in [0, 0.05) is 12.1 Å². The molecule has 1 aliphatic heterocycles. The van der Waals surface area contributed by atoms with Gasteiger partial charge in [-0.05, 0) is 43.2 Å². The number of carbonyl (C=O) groups excluding carboxylic acids is 1. The van der Waals surface area contributed by atoms with Crippen molar-refractivity contribution in [2.45, 2.75) is 19.9 Å². The SMILES string of the molecule is CCOC(=O)C1=C(C)N=c2s/c(=C\c3cccc([N+](=O)[O-])c3)c(=O)n2[C@@H]1c1ccc(F)cc1. The number of nitrogens with zero attached hydrogens (tertiary/aromatic N) is 3. The maximum Gasteiger partial charge on any atom is 0.338 e. The molecule has 3 aromatic rings. The Morgan fingerprint density at radius 1 is 1.30 bits per heavy atom. The number of carbonyl (C=O) groups is 1. The van der Waals surface area contributed by atoms with E-state index in [0.717, 1.165) is 11.3 Å². The van der Waals surface area contributed by atoms with Crippen molar-refractivity contribution < 1.29 is 18.8 Å². The molecule has 0 unspecified atom stereocenters. The van der Waals surface area contributed by atoms with E-state index < -0.39 is 28.3 Å². The molecule has 10 heteroatoms. The molecule has 33 heavy (non-hydrogen) atoms. The summed E-state index contributed by atoms with van der Waals surface area (Å²) in [7, 11) is 0. The van der Waals surface area contributed by atoms with Gasteiger partial charge in [-0.1, -0.05) is 35.6 Å². The summed E-state index contributed by atoms with van der Waals surface area (Å²) in [5.74, 6) is -1.06. The third-order valence-corrected chi connectivity index (χ3v) is 6.06. The number of fused-ring (bicyclic) bond motifs is 1. The number of hydrogen-bond acceptors (Lipinski definition) is 7. The highest BCUT2D eigenvalue weighted by Gasteiger charge is 2.33. The Kier molecular flexibility index (Phi) is 6.01. The Balaban J connectivity index is 1.94. The van der Waals surface area contributed by atoms with Gasteiger partial charge in [0.1, 0.15) is 5.82 Å². The van der Waals surface area contributed by atoms with Crippen LogP contribution in [0, 0.1) is 15.9 Å². The predicted octanol–water partition coefficient (Wildman–Crippen LogP) is 2.85. The number of hydrogen-bond donors (Lipinski definition) is 0. The van der Waals surface area contributed by atoms with E-state index in [4.69, 9.17) is 4.74 Å². The molecule has 0 radical (unpaired) electrons. The lowest BCUT2D eigenvalue weighted by molar-refractivity contribution is -0.384. The zero-order chi connectivity index (χ0) is 23.7. The number of allylic oxidation sites excluding steroid dienone is 1. The molecule has 0 saturated carbocycles. The van der Waals surface area contributed by atoms with Crippen molar-refractivity contribution in [2.24, 2.45) is 4.99 Å². The summed E-state index contributed by atoms with van der Waals surface area (Å²) in [5.41, 5.74) is 1.07. The molecule has 1 aromatic heterocycles. The molecule has 0 saturated heterocycles. The fraction of sp³-hybridized carbons (Fsp3) is 0.174. The Morgan fingerprint density at radius 2 is 2.03 bits per heavy atom. The van der Waals surface area contributed by atoms with Gasteiger partial charge in [-0.15, -0.1) is 0 Å². The number of nitro benzene ring substituents is 1. The van der Waals surface area contributed by atoms with Crippen molar-refractivity contribution in [3.63, 3.8) is 0 Å². The molecule has 0 N–H and O–H groups in total. The molecule has 8 nitrogen and oxygen atoms in total. The van der Waals surface area contributed by atoms with Crippen LogP contribution in [0.25, 0.3) is 6.08 Å². The molecule has 1 atom stereocenters. The zero-order valence-electron chi connectivity index (χ0n) is 17.6. The lowest BCUT2D eigenvalue weighted by Crippen LogP contribution is -2.39. The van der Waals surface area contributed by atoms with Crippen LogP contribution >= 0.6 is 11.3 Å². The van der Waals surface area contributed by atoms with E-state index in [1.54, 1.807) is 26.0 Å². The van der Waals surface area contributed by atoms with E-state index in [0.29, 0.717) is 26.2 Å². The van der Waals surface area contributed by atoms with E-state index >= 15 is 0 Å². The van der Waals surface area contributed by atoms with Gasteiger partial charge >= 0.3 is 5.97 Å². The fourth-order valence-corrected chi connectivity index (χ4v) is 4.68. The number of aromatic nitrogens is 1. The normalized spacial score (nSPS) is 15.7. The van der Waals surface area contributed by atoms with Crippen molar-refractivity contribution in [3.8, 4) is 0 Å². The largest absolute Gasteiger partial charge is 0.463 e. The van der Waals surface area contributed by atoms with E-state index in [-0.39, 0.29) is 17.9 Å². The van der Waals surface area contributed by atoms with Crippen LogP contribution in [0.5, 0.6) is 0 Å². The highest BCUT2D eigenvalue weighted by atomic mass is 32.1. The maximum atomic E-state index is 13.6. The number of rotatable bonds is 5. The van der Waals surface area contributed by atoms with Gasteiger partial charge in [0.15, 0.2) is 4.80 Å². The number of esters is 1. The molecule has 4 rings (SSSR count). The average Bonchev–Trinajstić information content (AvgIpc) is 3.08. The lowest BCUT2D eigenvalue weighted by Gasteiger charge is -2.24. The van der Waals surface area contributed by atoms with Crippen LogP contribution in [0.2, 0.25) is 0 Å². The minimum atomic E-state index is -0.854. The van der Waals surface area contributed by atoms with Crippen molar-refractivity contribution in [1.82, 2.24) is 4.57 Å². The van der Waals surface area contributed by atoms with Crippen LogP contribution in [0.1, 0.15) is 31.0 Å². The van der Waals surface area contributed by atoms with Crippen LogP contribution in [0.4, 0.5) is 10.1 Å². The van der Waals surface area contributed by atoms with Crippen LogP contribution in [0.15, 0.2) is 69.6 Å². The number of halogens is 1. The third kappa shape index (κ3) is 4.24. The van der Waals surface area contributed by atoms with Gasteiger partial charge in [0.05, 0.1) is 33.4 Å². The summed E-state index contributed by atoms with van der Waals surface area (Å²) in [6, 6.07) is 10.6. The summed E-state index contributed by atoms with van der Waals surface area (Å²) in [4.78, 5) is 41.6. The quantitative estimate of drug-likeness (QED) is 0.326. The average molecular weight is 467 g/mol. The predicted molar refractivity (Wildman–Crippen MR) is 120 cm³/mol. The van der Waals surface area contributed by atoms with E-state index in [1.165, 1.54) is 47.0 Å². The molecule has 0 amide bonds. The number of nitro groups is 1. The molecule has 0 aliphatic carbocycles. The van der Waals surface area contributed by atoms with Gasteiger partial charge in [0.2, 0.25) is 0 Å². The van der Waals surface area contributed by atoms with E-state index in [9.17, 15) is 24.1 Å². The number of benzene rings is 2. The highest BCUT2D eigenvalue weighted by molar-refractivity contribution is 7.07. The van der Waals surface area contributed by atoms with Gasteiger partial charge < -0.3 is 4.74 Å². The van der Waals surface area contributed by atoms with Crippen LogP contribution < -0.4 is 14.9 Å². The van der Waals surface area contributed by atoms with Crippen LogP contribution in [-0.4, -0.2) is 22.1 Å². The molecule has 168 valence electrons. The van der Waals surface area contributed by atoms with Gasteiger partial charge in [-0.2, -0.15) is 0 Å². The first-order chi connectivity index (χ1) is 15.8. The number of ether oxygens (including phenoxy) is 1. The first kappa shape index (κ1) is 22.3. The first-order valence-corrected chi connectivity index (χ1v) is 10.8. The molecule has 0 fully saturated rings. The Bertz CT molecular complexity index is 1470. The molecule has 2 aromatic carbocycles. The van der Waals surface area contributed by atoms with Gasteiger partial charge in [0.25, 0.3) is 11.2 Å². The molecule has 0 spiro atoms. The molecule has 0 bridgehead atoms. The Labute approximate surface area is 190 Å². The molecular weight excluding hydrogens is 449 g/mol. The molecule has 1 aliphatic rings. The summed E-state index contributed by atoms with van der Waals surface area (Å²) in [6.45, 7) is 3.47. The third-order valence-electron chi connectivity index (χ3n) is 5.08. The van der Waals surface area contributed by atoms with Crippen LogP contribution in [0.3, 0.4) is 0 Å². The summed E-state index contributed by atoms with van der Waals surface area (Å²) in [5, 5.41) is 11.1. The minimum absolute atomic E-state index is 0.0962. The smallest absolute Gasteiger partial charge is 0.338 e. The van der Waals surface area contributed by atoms with E-state index in [2.05, 4.69) is 4.99 Å². The monoisotopic (exact) mass is 467 g/mol. The second-order valence-corrected chi connectivity index (χ2v) is 8.22. The summed E-state index contributed by atoms with van der Waals surface area (Å²) in [6.07, 6.45) is 1.54. The molecular formula is C23H18FN3O5S. The van der Waals surface area contributed by atoms with Crippen molar-refractivity contribution >= 4 is 29.1 Å². The first-order valence-electron chi connectivity index (χ1n) is 9.99. The minimum Gasteiger partial charge on any atom is -0.463 e. The van der Waals surface area contributed by atoms with Gasteiger partial charge in [-0.25, -0.2) is 14.2 Å². The van der Waals surface area contributed by atoms with Gasteiger partial charge in [-0.3, -0.25) is 19.5 Å². The lowest BCUT2D eigenvalue weighted by atomic mass is 9.96. The van der Waals surface area contributed by atoms with Crippen molar-refractivity contribution in [1.29, 1.82) is 0 Å². The van der Waals surface area contributed by atoms with E-state index in [1.807, 2.05) is 0 Å².